The molecule has 0 fully saturated rings. The van der Waals surface area contributed by atoms with Gasteiger partial charge in [0.05, 0.1) is 28.1 Å². The molecule has 1 atom stereocenters. The van der Waals surface area contributed by atoms with E-state index < -0.39 is 98.9 Å². The molecule has 1 heterocycles. The third-order valence-electron chi connectivity index (χ3n) is 6.48. The Balaban J connectivity index is 2.73. The number of allylic oxidation sites excluding steroid dienone is 2. The highest BCUT2D eigenvalue weighted by atomic mass is 19.4. The largest absolute Gasteiger partial charge is 0.473 e. The fraction of sp³-hybridized carbons (Fsp3) is 0.520. The van der Waals surface area contributed by atoms with E-state index in [0.717, 1.165) is 32.0 Å². The quantitative estimate of drug-likeness (QED) is 0.108. The molecule has 48 heavy (non-hydrogen) atoms. The van der Waals surface area contributed by atoms with Crippen LogP contribution in [0.1, 0.15) is 39.2 Å². The summed E-state index contributed by atoms with van der Waals surface area (Å²) in [5, 5.41) is 13.5. The third-order valence-corrected chi connectivity index (χ3v) is 6.48. The van der Waals surface area contributed by atoms with E-state index in [-0.39, 0.29) is 5.70 Å². The molecule has 1 aromatic rings. The molecule has 0 aliphatic carbocycles. The van der Waals surface area contributed by atoms with Gasteiger partial charge in [0.25, 0.3) is 5.69 Å². The second kappa shape index (κ2) is 12.3. The van der Waals surface area contributed by atoms with Gasteiger partial charge in [-0.2, -0.15) is 65.9 Å². The second-order valence-corrected chi connectivity index (χ2v) is 10.2. The minimum atomic E-state index is -8.63. The molecule has 1 aliphatic rings. The van der Waals surface area contributed by atoms with E-state index in [9.17, 15) is 85.6 Å². The predicted molar refractivity (Wildman–Crippen MR) is 127 cm³/mol. The Morgan fingerprint density at radius 1 is 0.750 bits per heavy atom. The molecule has 2 rings (SSSR count). The molecule has 0 saturated heterocycles. The number of nitrogens with one attached hydrogen (secondary N) is 1. The second-order valence-electron chi connectivity index (χ2n) is 10.2. The van der Waals surface area contributed by atoms with E-state index in [1.54, 1.807) is 0 Å². The van der Waals surface area contributed by atoms with Crippen LogP contribution >= 0.6 is 0 Å². The van der Waals surface area contributed by atoms with Crippen LogP contribution in [0.25, 0.3) is 0 Å². The van der Waals surface area contributed by atoms with Crippen LogP contribution in [0.4, 0.5) is 71.5 Å². The monoisotopic (exact) mass is 728 g/mol. The molecule has 1 aliphatic heterocycles. The van der Waals surface area contributed by atoms with Crippen LogP contribution in [0.2, 0.25) is 0 Å². The lowest BCUT2D eigenvalue weighted by Crippen LogP contribution is -2.73. The van der Waals surface area contributed by atoms with Gasteiger partial charge >= 0.3 is 53.8 Å². The van der Waals surface area contributed by atoms with E-state index in [4.69, 9.17) is 4.74 Å². The average Bonchev–Trinajstić information content (AvgIpc) is 2.90. The van der Waals surface area contributed by atoms with Gasteiger partial charge in [0.15, 0.2) is 0 Å². The van der Waals surface area contributed by atoms with Crippen molar-refractivity contribution in [3.63, 3.8) is 0 Å². The normalized spacial score (nSPS) is 17.4. The number of nitro groups is 1. The van der Waals surface area contributed by atoms with E-state index in [1.807, 2.05) is 0 Å². The molecule has 0 radical (unpaired) electrons. The minimum Gasteiger partial charge on any atom is -0.460 e. The first kappa shape index (κ1) is 40.0. The first-order chi connectivity index (χ1) is 21.3. The smallest absolute Gasteiger partial charge is 0.460 e. The maximum Gasteiger partial charge on any atom is 0.473 e. The van der Waals surface area contributed by atoms with Crippen molar-refractivity contribution in [3.8, 4) is 0 Å². The first-order valence-corrected chi connectivity index (χ1v) is 12.5. The zero-order valence-electron chi connectivity index (χ0n) is 24.0. The lowest BCUT2D eigenvalue weighted by Gasteiger charge is -2.41. The van der Waals surface area contributed by atoms with E-state index in [0.29, 0.717) is 6.07 Å². The number of hydrogen-bond donors (Lipinski definition) is 1. The Hall–Kier alpha value is -4.21. The van der Waals surface area contributed by atoms with Crippen molar-refractivity contribution in [2.24, 2.45) is 0 Å². The molecule has 0 saturated carbocycles. The van der Waals surface area contributed by atoms with Crippen molar-refractivity contribution in [3.05, 3.63) is 62.5 Å². The van der Waals surface area contributed by atoms with Gasteiger partial charge in [-0.15, -0.1) is 0 Å². The van der Waals surface area contributed by atoms with Crippen molar-refractivity contribution < 1.29 is 89.8 Å². The molecular weight excluding hydrogens is 709 g/mol. The summed E-state index contributed by atoms with van der Waals surface area (Å²) in [5.74, 6) is -48.6. The van der Waals surface area contributed by atoms with Crippen LogP contribution in [-0.2, 0) is 19.1 Å². The summed E-state index contributed by atoms with van der Waals surface area (Å²) in [4.78, 5) is 36.1. The van der Waals surface area contributed by atoms with Gasteiger partial charge in [0.2, 0.25) is 0 Å². The molecule has 270 valence electrons. The van der Waals surface area contributed by atoms with Gasteiger partial charge in [-0.1, -0.05) is 12.1 Å². The number of ether oxygens (including phenoxy) is 2. The fourth-order valence-electron chi connectivity index (χ4n) is 4.15. The Morgan fingerprint density at radius 3 is 1.62 bits per heavy atom. The maximum atomic E-state index is 14.6. The summed E-state index contributed by atoms with van der Waals surface area (Å²) in [6, 6.07) is 3.23. The summed E-state index contributed by atoms with van der Waals surface area (Å²) >= 11 is 0. The third kappa shape index (κ3) is 6.33. The number of non-ortho nitro benzene ring substituents is 1. The van der Waals surface area contributed by atoms with Gasteiger partial charge in [0.1, 0.15) is 0 Å². The Morgan fingerprint density at radius 2 is 1.19 bits per heavy atom. The van der Waals surface area contributed by atoms with Crippen LogP contribution in [0.15, 0.2) is 46.8 Å². The molecule has 8 nitrogen and oxygen atoms in total. The summed E-state index contributed by atoms with van der Waals surface area (Å²) in [5.41, 5.74) is -4.63. The maximum absolute atomic E-state index is 14.6. The molecule has 0 spiro atoms. The average molecular weight is 728 g/mol. The number of rotatable bonds is 11. The summed E-state index contributed by atoms with van der Waals surface area (Å²) < 4.78 is 212. The number of esters is 2. The lowest BCUT2D eigenvalue weighted by molar-refractivity contribution is -0.467. The zero-order chi connectivity index (χ0) is 37.8. The summed E-state index contributed by atoms with van der Waals surface area (Å²) in [7, 11) is 0. The zero-order valence-corrected chi connectivity index (χ0v) is 24.0. The molecule has 0 bridgehead atoms. The Kier molecular flexibility index (Phi) is 10.3. The molecular formula is C25H19F15N2O6. The number of carbonyl (C=O) groups is 2. The Labute approximate surface area is 257 Å². The van der Waals surface area contributed by atoms with Gasteiger partial charge in [0, 0.05) is 23.5 Å². The number of alkyl halides is 15. The van der Waals surface area contributed by atoms with Crippen LogP contribution in [0, 0.1) is 10.1 Å². The lowest BCUT2D eigenvalue weighted by atomic mass is 9.80. The van der Waals surface area contributed by atoms with E-state index >= 15 is 0 Å². The molecule has 23 heteroatoms. The molecule has 0 amide bonds. The van der Waals surface area contributed by atoms with Crippen LogP contribution < -0.4 is 5.32 Å². The van der Waals surface area contributed by atoms with Crippen molar-refractivity contribution in [2.75, 3.05) is 0 Å². The van der Waals surface area contributed by atoms with Crippen LogP contribution in [0.3, 0.4) is 0 Å². The highest BCUT2D eigenvalue weighted by molar-refractivity contribution is 6.00. The van der Waals surface area contributed by atoms with Crippen molar-refractivity contribution in [1.82, 2.24) is 5.32 Å². The number of benzene rings is 1. The van der Waals surface area contributed by atoms with Gasteiger partial charge < -0.3 is 14.8 Å². The molecule has 1 N–H and O–H groups in total. The van der Waals surface area contributed by atoms with Gasteiger partial charge in [-0.05, 0) is 33.3 Å². The molecule has 0 aromatic heterocycles. The minimum absolute atomic E-state index is 0.290. The van der Waals surface area contributed by atoms with Crippen LogP contribution in [-0.4, -0.2) is 64.9 Å². The van der Waals surface area contributed by atoms with Crippen molar-refractivity contribution >= 4 is 17.6 Å². The number of nitro benzene ring substituents is 1. The van der Waals surface area contributed by atoms with E-state index in [1.165, 1.54) is 13.8 Å². The SMILES string of the molecule is CC1=C(C(=O)OC(C)C)C(c2cccc([N+](=O)[O-])c2)C(C(=O)OC(F)(F)C(F)(F)C(F)(F)C(F)(F)C(F)(F)C(F)(F)C(F)(F)F)=C(C)N1. The number of nitrogens with zero attached hydrogens (tertiary/aromatic N) is 1. The number of dihydropyridines is 1. The fourth-order valence-corrected chi connectivity index (χ4v) is 4.15. The molecule has 1 unspecified atom stereocenters. The molecule has 1 aromatic carbocycles. The van der Waals surface area contributed by atoms with Crippen LogP contribution in [0.5, 0.6) is 0 Å². The Bertz CT molecular complexity index is 1530. The number of carbonyl (C=O) groups excluding carboxylic acids is 2. The number of hydrogen-bond acceptors (Lipinski definition) is 7. The predicted octanol–water partition coefficient (Wildman–Crippen LogP) is 7.66. The van der Waals surface area contributed by atoms with Gasteiger partial charge in [-0.25, -0.2) is 9.59 Å². The highest BCUT2D eigenvalue weighted by Gasteiger charge is 2.94. The van der Waals surface area contributed by atoms with E-state index in [2.05, 4.69) is 10.1 Å². The summed E-state index contributed by atoms with van der Waals surface area (Å²) in [6.07, 6.45) is -16.2. The summed E-state index contributed by atoms with van der Waals surface area (Å²) in [6.45, 7) is 4.40. The van der Waals surface area contributed by atoms with Crippen molar-refractivity contribution in [2.45, 2.75) is 81.6 Å². The first-order valence-electron chi connectivity index (χ1n) is 12.5. The van der Waals surface area contributed by atoms with Crippen molar-refractivity contribution in [1.29, 1.82) is 0 Å². The standard InChI is InChI=1S/C25H19F15N2O6/c1-9(2)47-17(43)14-10(3)41-11(4)15(16(14)12-6-5-7-13(8-12)42(45)46)18(44)48-25(39,40)23(34,35)21(30,31)19(26,27)20(28,29)22(32,33)24(36,37)38/h5-9,16,41H,1-4H3. The number of halogens is 15. The highest BCUT2D eigenvalue weighted by Crippen LogP contribution is 2.62. The topological polar surface area (TPSA) is 108 Å². The van der Waals surface area contributed by atoms with Gasteiger partial charge in [-0.3, -0.25) is 10.1 Å².